The number of hydrogen-bond donors (Lipinski definition) is 0. The fraction of sp³-hybridized carbons (Fsp3) is 0.111. The van der Waals surface area contributed by atoms with Gasteiger partial charge in [0.15, 0.2) is 0 Å². The second-order valence-electron chi connectivity index (χ2n) is 2.86. The average Bonchev–Trinajstić information content (AvgIpc) is 2.06. The lowest BCUT2D eigenvalue weighted by molar-refractivity contribution is 0.717. The van der Waals surface area contributed by atoms with Gasteiger partial charge in [-0.15, -0.1) is 0 Å². The normalized spacial score (nSPS) is 20.3. The second kappa shape index (κ2) is 2.46. The van der Waals surface area contributed by atoms with Crippen LogP contribution in [-0.4, -0.2) is 18.7 Å². The molecule has 0 saturated heterocycles. The molecule has 54 valence electrons. The highest BCUT2D eigenvalue weighted by Gasteiger charge is 2.21. The van der Waals surface area contributed by atoms with Gasteiger partial charge < -0.3 is 4.81 Å². The van der Waals surface area contributed by atoms with Gasteiger partial charge in [-0.2, -0.15) is 0 Å². The van der Waals surface area contributed by atoms with Gasteiger partial charge in [0.25, 0.3) is 0 Å². The Labute approximate surface area is 67.5 Å². The molecule has 0 saturated carbocycles. The molecule has 0 spiro atoms. The van der Waals surface area contributed by atoms with E-state index in [1.807, 2.05) is 0 Å². The van der Waals surface area contributed by atoms with E-state index in [0.29, 0.717) is 6.85 Å². The molecule has 0 aliphatic carbocycles. The van der Waals surface area contributed by atoms with Crippen LogP contribution in [0, 0.1) is 0 Å². The van der Waals surface area contributed by atoms with Crippen molar-refractivity contribution in [2.45, 2.75) is 0 Å². The Kier molecular flexibility index (Phi) is 1.46. The summed E-state index contributed by atoms with van der Waals surface area (Å²) in [5.74, 6) is 2.20. The van der Waals surface area contributed by atoms with Crippen LogP contribution >= 0.6 is 0 Å². The smallest absolute Gasteiger partial charge is 0.315 e. The molecule has 2 aliphatic heterocycles. The molecule has 0 aromatic heterocycles. The minimum atomic E-state index is 0.463. The number of nitrogens with zero attached hydrogens (tertiary/aromatic N) is 1. The summed E-state index contributed by atoms with van der Waals surface area (Å²) in [6, 6.07) is 0. The van der Waals surface area contributed by atoms with Gasteiger partial charge in [0.2, 0.25) is 0 Å². The maximum Gasteiger partial charge on any atom is 0.315 e. The summed E-state index contributed by atoms with van der Waals surface area (Å²) in [4.78, 5) is 2.20. The molecular weight excluding hydrogens is 133 g/mol. The molecule has 0 aromatic carbocycles. The molecule has 0 aromatic rings. The van der Waals surface area contributed by atoms with Crippen molar-refractivity contribution >= 4 is 6.85 Å². The third-order valence-corrected chi connectivity index (χ3v) is 2.08. The van der Waals surface area contributed by atoms with Gasteiger partial charge in [0.1, 0.15) is 0 Å². The van der Waals surface area contributed by atoms with Crippen LogP contribution in [0.3, 0.4) is 0 Å². The topological polar surface area (TPSA) is 3.24 Å². The Morgan fingerprint density at radius 1 is 1.27 bits per heavy atom. The standard InChI is InChI=1S/C9H10BN/c1-11-8-4-6-9-5-2-3-7-10(9)11/h2-8H,1H3. The highest BCUT2D eigenvalue weighted by atomic mass is 15.0. The van der Waals surface area contributed by atoms with Crippen LogP contribution in [0.15, 0.2) is 48.0 Å². The van der Waals surface area contributed by atoms with Crippen LogP contribution < -0.4 is 0 Å². The first kappa shape index (κ1) is 6.53. The number of hydrogen-bond acceptors (Lipinski definition) is 1. The van der Waals surface area contributed by atoms with E-state index in [2.05, 4.69) is 54.4 Å². The summed E-state index contributed by atoms with van der Waals surface area (Å²) in [5, 5.41) is 0. The van der Waals surface area contributed by atoms with Gasteiger partial charge in [0, 0.05) is 0 Å². The van der Waals surface area contributed by atoms with E-state index < -0.39 is 0 Å². The van der Waals surface area contributed by atoms with Crippen LogP contribution in [0.2, 0.25) is 0 Å². The summed E-state index contributed by atoms with van der Waals surface area (Å²) in [6.45, 7) is 0.463. The molecular formula is C9H10BN. The van der Waals surface area contributed by atoms with Gasteiger partial charge >= 0.3 is 6.85 Å². The van der Waals surface area contributed by atoms with Gasteiger partial charge in [0.05, 0.1) is 0 Å². The van der Waals surface area contributed by atoms with E-state index >= 15 is 0 Å². The van der Waals surface area contributed by atoms with E-state index in [1.165, 1.54) is 5.47 Å². The van der Waals surface area contributed by atoms with Gasteiger partial charge in [-0.3, -0.25) is 0 Å². The summed E-state index contributed by atoms with van der Waals surface area (Å²) in [7, 11) is 2.09. The molecule has 2 heterocycles. The quantitative estimate of drug-likeness (QED) is 0.465. The molecule has 0 unspecified atom stereocenters. The first-order valence-electron chi connectivity index (χ1n) is 3.83. The first-order chi connectivity index (χ1) is 5.38. The third-order valence-electron chi connectivity index (χ3n) is 2.08. The van der Waals surface area contributed by atoms with Crippen LogP contribution in [-0.2, 0) is 0 Å². The monoisotopic (exact) mass is 143 g/mol. The van der Waals surface area contributed by atoms with E-state index in [4.69, 9.17) is 0 Å². The van der Waals surface area contributed by atoms with Crippen molar-refractivity contribution in [1.82, 2.24) is 4.81 Å². The summed E-state index contributed by atoms with van der Waals surface area (Å²) in [6.07, 6.45) is 12.7. The maximum atomic E-state index is 2.20. The van der Waals surface area contributed by atoms with Crippen molar-refractivity contribution in [2.75, 3.05) is 7.05 Å². The lowest BCUT2D eigenvalue weighted by atomic mass is 9.51. The summed E-state index contributed by atoms with van der Waals surface area (Å²) < 4.78 is 0. The van der Waals surface area contributed by atoms with Crippen molar-refractivity contribution in [2.24, 2.45) is 0 Å². The SMILES string of the molecule is CN1C=CC=C2C=CC=CB21. The zero-order chi connectivity index (χ0) is 7.68. The fourth-order valence-electron chi connectivity index (χ4n) is 1.45. The highest BCUT2D eigenvalue weighted by molar-refractivity contribution is 6.70. The fourth-order valence-corrected chi connectivity index (χ4v) is 1.45. The van der Waals surface area contributed by atoms with E-state index in [-0.39, 0.29) is 0 Å². The van der Waals surface area contributed by atoms with Crippen LogP contribution in [0.5, 0.6) is 0 Å². The third kappa shape index (κ3) is 1.05. The zero-order valence-corrected chi connectivity index (χ0v) is 6.57. The Morgan fingerprint density at radius 2 is 2.18 bits per heavy atom. The number of fused-ring (bicyclic) bond motifs is 1. The molecule has 0 fully saturated rings. The number of rotatable bonds is 0. The van der Waals surface area contributed by atoms with Crippen molar-refractivity contribution in [1.29, 1.82) is 0 Å². The van der Waals surface area contributed by atoms with Crippen LogP contribution in [0.4, 0.5) is 0 Å². The van der Waals surface area contributed by atoms with Crippen molar-refractivity contribution in [3.05, 3.63) is 48.0 Å². The van der Waals surface area contributed by atoms with E-state index in [9.17, 15) is 0 Å². The maximum absolute atomic E-state index is 2.20. The largest absolute Gasteiger partial charge is 0.416 e. The molecule has 2 rings (SSSR count). The molecule has 0 amide bonds. The van der Waals surface area contributed by atoms with Crippen molar-refractivity contribution in [3.63, 3.8) is 0 Å². The molecule has 0 radical (unpaired) electrons. The highest BCUT2D eigenvalue weighted by Crippen LogP contribution is 2.16. The Hall–Kier alpha value is -1.18. The minimum absolute atomic E-state index is 0.463. The predicted molar refractivity (Wildman–Crippen MR) is 49.0 cm³/mol. The zero-order valence-electron chi connectivity index (χ0n) is 6.57. The van der Waals surface area contributed by atoms with Crippen molar-refractivity contribution in [3.8, 4) is 0 Å². The summed E-state index contributed by atoms with van der Waals surface area (Å²) >= 11 is 0. The molecule has 2 aliphatic rings. The molecule has 0 atom stereocenters. The molecule has 11 heavy (non-hydrogen) atoms. The van der Waals surface area contributed by atoms with Crippen molar-refractivity contribution < 1.29 is 0 Å². The Morgan fingerprint density at radius 3 is 3.00 bits per heavy atom. The van der Waals surface area contributed by atoms with Crippen LogP contribution in [0.1, 0.15) is 0 Å². The lowest BCUT2D eigenvalue weighted by Crippen LogP contribution is -2.34. The van der Waals surface area contributed by atoms with E-state index in [0.717, 1.165) is 0 Å². The minimum Gasteiger partial charge on any atom is -0.416 e. The van der Waals surface area contributed by atoms with Gasteiger partial charge in [-0.1, -0.05) is 35.8 Å². The molecule has 0 bridgehead atoms. The molecule has 1 nitrogen and oxygen atoms in total. The van der Waals surface area contributed by atoms with Crippen LogP contribution in [0.25, 0.3) is 0 Å². The summed E-state index contributed by atoms with van der Waals surface area (Å²) in [5.41, 5.74) is 1.37. The van der Waals surface area contributed by atoms with Gasteiger partial charge in [-0.25, -0.2) is 0 Å². The predicted octanol–water partition coefficient (Wildman–Crippen LogP) is 1.57. The first-order valence-corrected chi connectivity index (χ1v) is 3.83. The molecule has 0 N–H and O–H groups in total. The van der Waals surface area contributed by atoms with Gasteiger partial charge in [-0.05, 0) is 19.3 Å². The number of allylic oxidation sites excluding steroid dienone is 6. The molecule has 2 heteroatoms. The Bertz CT molecular complexity index is 273. The Balaban J connectivity index is 2.35. The average molecular weight is 143 g/mol. The second-order valence-corrected chi connectivity index (χ2v) is 2.86. The lowest BCUT2D eigenvalue weighted by Gasteiger charge is -2.25. The van der Waals surface area contributed by atoms with E-state index in [1.54, 1.807) is 0 Å².